The van der Waals surface area contributed by atoms with Gasteiger partial charge in [0.2, 0.25) is 0 Å². The predicted octanol–water partition coefficient (Wildman–Crippen LogP) is 4.15. The number of morpholine rings is 1. The number of fused-ring (bicyclic) bond motifs is 1. The van der Waals surface area contributed by atoms with Crippen molar-refractivity contribution in [2.24, 2.45) is 0 Å². The van der Waals surface area contributed by atoms with Crippen LogP contribution in [-0.4, -0.2) is 46.4 Å². The molecule has 0 saturated carbocycles. The van der Waals surface area contributed by atoms with E-state index in [1.807, 2.05) is 42.6 Å². The van der Waals surface area contributed by atoms with Crippen molar-refractivity contribution < 1.29 is 9.47 Å². The van der Waals surface area contributed by atoms with Gasteiger partial charge in [-0.1, -0.05) is 36.4 Å². The van der Waals surface area contributed by atoms with Crippen LogP contribution in [-0.2, 0) is 17.7 Å². The minimum atomic E-state index is -0.0260. The molecule has 0 bridgehead atoms. The standard InChI is InChI=1S/C25H26N4O2/c1-2-6-21(7-3-1)30-14-11-20-16-24(28-27-20)25-18-29(13-15-31-25)17-19-10-12-26-23-9-5-4-8-22(19)23/h1-10,12,16,25H,11,13-15,17-18H2,(H,27,28). The highest BCUT2D eigenvalue weighted by atomic mass is 16.5. The summed E-state index contributed by atoms with van der Waals surface area (Å²) in [5, 5.41) is 8.87. The number of H-pyrrole nitrogens is 1. The summed E-state index contributed by atoms with van der Waals surface area (Å²) in [6.45, 7) is 3.92. The average Bonchev–Trinajstić information content (AvgIpc) is 3.29. The van der Waals surface area contributed by atoms with E-state index >= 15 is 0 Å². The molecule has 1 unspecified atom stereocenters. The number of aromatic nitrogens is 3. The Morgan fingerprint density at radius 2 is 1.94 bits per heavy atom. The van der Waals surface area contributed by atoms with E-state index in [1.165, 1.54) is 10.9 Å². The first-order valence-electron chi connectivity index (χ1n) is 10.7. The molecule has 0 aliphatic carbocycles. The Morgan fingerprint density at radius 1 is 1.06 bits per heavy atom. The summed E-state index contributed by atoms with van der Waals surface area (Å²) in [5.41, 5.74) is 4.36. The molecule has 31 heavy (non-hydrogen) atoms. The van der Waals surface area contributed by atoms with Crippen LogP contribution in [0.3, 0.4) is 0 Å². The normalized spacial score (nSPS) is 17.1. The van der Waals surface area contributed by atoms with Crippen molar-refractivity contribution in [1.82, 2.24) is 20.1 Å². The van der Waals surface area contributed by atoms with Crippen LogP contribution >= 0.6 is 0 Å². The lowest BCUT2D eigenvalue weighted by Crippen LogP contribution is -2.38. The van der Waals surface area contributed by atoms with Gasteiger partial charge in [0.25, 0.3) is 0 Å². The number of hydrogen-bond donors (Lipinski definition) is 1. The summed E-state index contributed by atoms with van der Waals surface area (Å²) in [6, 6.07) is 22.4. The fourth-order valence-corrected chi connectivity index (χ4v) is 4.03. The van der Waals surface area contributed by atoms with Crippen molar-refractivity contribution in [2.75, 3.05) is 26.3 Å². The van der Waals surface area contributed by atoms with Crippen LogP contribution in [0.15, 0.2) is 72.9 Å². The SMILES string of the molecule is c1ccc(OCCc2cc(C3CN(Cc4ccnc5ccccc45)CCO3)n[nH]2)cc1. The van der Waals surface area contributed by atoms with Crippen LogP contribution < -0.4 is 4.74 Å². The Hall–Kier alpha value is -3.22. The van der Waals surface area contributed by atoms with Crippen LogP contribution in [0.1, 0.15) is 23.1 Å². The maximum absolute atomic E-state index is 6.04. The van der Waals surface area contributed by atoms with E-state index in [2.05, 4.69) is 50.4 Å². The van der Waals surface area contributed by atoms with Gasteiger partial charge in [-0.25, -0.2) is 0 Å². The Balaban J connectivity index is 1.20. The largest absolute Gasteiger partial charge is 0.493 e. The van der Waals surface area contributed by atoms with Crippen LogP contribution in [0.4, 0.5) is 0 Å². The number of para-hydroxylation sites is 2. The van der Waals surface area contributed by atoms with E-state index in [1.54, 1.807) is 0 Å². The second-order valence-corrected chi connectivity index (χ2v) is 7.81. The molecule has 1 aliphatic heterocycles. The van der Waals surface area contributed by atoms with E-state index in [-0.39, 0.29) is 6.10 Å². The lowest BCUT2D eigenvalue weighted by Gasteiger charge is -2.32. The molecule has 3 heterocycles. The van der Waals surface area contributed by atoms with E-state index < -0.39 is 0 Å². The Morgan fingerprint density at radius 3 is 2.87 bits per heavy atom. The van der Waals surface area contributed by atoms with Crippen molar-refractivity contribution in [3.8, 4) is 5.75 Å². The Labute approximate surface area is 181 Å². The number of nitrogens with one attached hydrogen (secondary N) is 1. The molecule has 6 heteroatoms. The molecule has 1 aliphatic rings. The first kappa shape index (κ1) is 19.7. The van der Waals surface area contributed by atoms with Gasteiger partial charge in [-0.2, -0.15) is 5.10 Å². The molecule has 1 atom stereocenters. The molecule has 4 aromatic rings. The van der Waals surface area contributed by atoms with Crippen LogP contribution in [0.2, 0.25) is 0 Å². The molecule has 6 nitrogen and oxygen atoms in total. The molecule has 0 radical (unpaired) electrons. The molecule has 5 rings (SSSR count). The zero-order valence-electron chi connectivity index (χ0n) is 17.4. The van der Waals surface area contributed by atoms with Gasteiger partial charge in [0.05, 0.1) is 24.4 Å². The first-order valence-corrected chi connectivity index (χ1v) is 10.7. The van der Waals surface area contributed by atoms with Gasteiger partial charge in [0.15, 0.2) is 0 Å². The van der Waals surface area contributed by atoms with Gasteiger partial charge in [0, 0.05) is 43.3 Å². The second-order valence-electron chi connectivity index (χ2n) is 7.81. The van der Waals surface area contributed by atoms with Gasteiger partial charge in [-0.15, -0.1) is 0 Å². The number of pyridine rings is 1. The lowest BCUT2D eigenvalue weighted by atomic mass is 10.1. The first-order chi connectivity index (χ1) is 15.3. The van der Waals surface area contributed by atoms with Crippen molar-refractivity contribution in [3.05, 3.63) is 89.9 Å². The van der Waals surface area contributed by atoms with Gasteiger partial charge >= 0.3 is 0 Å². The van der Waals surface area contributed by atoms with E-state index in [0.717, 1.165) is 48.7 Å². The molecular formula is C25H26N4O2. The summed E-state index contributed by atoms with van der Waals surface area (Å²) in [4.78, 5) is 6.91. The Kier molecular flexibility index (Phi) is 5.91. The highest BCUT2D eigenvalue weighted by Crippen LogP contribution is 2.24. The fourth-order valence-electron chi connectivity index (χ4n) is 4.03. The highest BCUT2D eigenvalue weighted by molar-refractivity contribution is 5.81. The monoisotopic (exact) mass is 414 g/mol. The maximum Gasteiger partial charge on any atom is 0.119 e. The Bertz CT molecular complexity index is 1120. The van der Waals surface area contributed by atoms with Crippen molar-refractivity contribution in [3.63, 3.8) is 0 Å². The van der Waals surface area contributed by atoms with E-state index in [9.17, 15) is 0 Å². The van der Waals surface area contributed by atoms with Crippen molar-refractivity contribution in [2.45, 2.75) is 19.1 Å². The lowest BCUT2D eigenvalue weighted by molar-refractivity contribution is -0.0348. The third-order valence-electron chi connectivity index (χ3n) is 5.65. The predicted molar refractivity (Wildman–Crippen MR) is 120 cm³/mol. The van der Waals surface area contributed by atoms with Crippen LogP contribution in [0, 0.1) is 0 Å². The highest BCUT2D eigenvalue weighted by Gasteiger charge is 2.24. The smallest absolute Gasteiger partial charge is 0.119 e. The number of hydrogen-bond acceptors (Lipinski definition) is 5. The summed E-state index contributed by atoms with van der Waals surface area (Å²) >= 11 is 0. The van der Waals surface area contributed by atoms with Crippen molar-refractivity contribution >= 4 is 10.9 Å². The molecule has 0 amide bonds. The third kappa shape index (κ3) is 4.76. The zero-order valence-corrected chi connectivity index (χ0v) is 17.4. The number of ether oxygens (including phenoxy) is 2. The van der Waals surface area contributed by atoms with Gasteiger partial charge in [0.1, 0.15) is 11.9 Å². The molecule has 2 aromatic carbocycles. The van der Waals surface area contributed by atoms with Gasteiger partial charge < -0.3 is 9.47 Å². The minimum Gasteiger partial charge on any atom is -0.493 e. The summed E-state index contributed by atoms with van der Waals surface area (Å²) < 4.78 is 11.8. The number of aromatic amines is 1. The summed E-state index contributed by atoms with van der Waals surface area (Å²) in [6.07, 6.45) is 2.65. The zero-order chi connectivity index (χ0) is 20.9. The van der Waals surface area contributed by atoms with E-state index in [0.29, 0.717) is 13.2 Å². The molecule has 1 N–H and O–H groups in total. The summed E-state index contributed by atoms with van der Waals surface area (Å²) in [5.74, 6) is 0.886. The number of benzene rings is 2. The average molecular weight is 415 g/mol. The van der Waals surface area contributed by atoms with Crippen LogP contribution in [0.25, 0.3) is 10.9 Å². The quantitative estimate of drug-likeness (QED) is 0.492. The second kappa shape index (κ2) is 9.29. The maximum atomic E-state index is 6.04. The minimum absolute atomic E-state index is 0.0260. The van der Waals surface area contributed by atoms with Gasteiger partial charge in [-0.3, -0.25) is 15.0 Å². The molecule has 1 fully saturated rings. The molecule has 1 saturated heterocycles. The number of nitrogens with zero attached hydrogens (tertiary/aromatic N) is 3. The molecule has 2 aromatic heterocycles. The number of rotatable bonds is 7. The molecule has 158 valence electrons. The van der Waals surface area contributed by atoms with Crippen molar-refractivity contribution in [1.29, 1.82) is 0 Å². The third-order valence-corrected chi connectivity index (χ3v) is 5.65. The summed E-state index contributed by atoms with van der Waals surface area (Å²) in [7, 11) is 0. The van der Waals surface area contributed by atoms with E-state index in [4.69, 9.17) is 9.47 Å². The molecule has 0 spiro atoms. The van der Waals surface area contributed by atoms with Crippen LogP contribution in [0.5, 0.6) is 5.75 Å². The van der Waals surface area contributed by atoms with Gasteiger partial charge in [-0.05, 0) is 35.9 Å². The fraction of sp³-hybridized carbons (Fsp3) is 0.280. The molecular weight excluding hydrogens is 388 g/mol. The topological polar surface area (TPSA) is 63.3 Å².